The van der Waals surface area contributed by atoms with E-state index in [-0.39, 0.29) is 18.0 Å². The van der Waals surface area contributed by atoms with Gasteiger partial charge in [0, 0.05) is 13.6 Å². The number of carbonyl (C=O) groups excluding carboxylic acids is 2. The van der Waals surface area contributed by atoms with Crippen LogP contribution in [0, 0.1) is 0 Å². The first-order valence-electron chi connectivity index (χ1n) is 8.75. The van der Waals surface area contributed by atoms with Crippen molar-refractivity contribution in [2.75, 3.05) is 21.2 Å². The first kappa shape index (κ1) is 22.1. The van der Waals surface area contributed by atoms with Gasteiger partial charge < -0.3 is 14.8 Å². The molecule has 1 atom stereocenters. The van der Waals surface area contributed by atoms with Crippen LogP contribution in [0.5, 0.6) is 11.5 Å². The zero-order valence-corrected chi connectivity index (χ0v) is 16.3. The highest BCUT2D eigenvalue weighted by Crippen LogP contribution is 2.31. The second-order valence-electron chi connectivity index (χ2n) is 6.16. The number of hydrogen-bond donors (Lipinski definition) is 2. The number of alkyl halides is 2. The second-order valence-corrected chi connectivity index (χ2v) is 6.16. The molecule has 2 aromatic carbocycles. The lowest BCUT2D eigenvalue weighted by Crippen LogP contribution is -2.44. The SMILES string of the molecule is CNC(=O)NC(=O)C(c1ccccc1)N(C)Cc1ccc(OC)c(OC(F)F)c1. The normalized spacial score (nSPS) is 11.8. The highest BCUT2D eigenvalue weighted by Gasteiger charge is 2.26. The van der Waals surface area contributed by atoms with Crippen LogP contribution < -0.4 is 20.1 Å². The Morgan fingerprint density at radius 2 is 1.79 bits per heavy atom. The molecular formula is C20H23F2N3O4. The van der Waals surface area contributed by atoms with Crippen LogP contribution >= 0.6 is 0 Å². The fraction of sp³-hybridized carbons (Fsp3) is 0.300. The number of hydrogen-bond acceptors (Lipinski definition) is 5. The van der Waals surface area contributed by atoms with Gasteiger partial charge >= 0.3 is 12.6 Å². The number of halogens is 2. The van der Waals surface area contributed by atoms with E-state index in [1.807, 2.05) is 6.07 Å². The number of likely N-dealkylation sites (N-methyl/N-ethyl adjacent to an activating group) is 1. The molecule has 29 heavy (non-hydrogen) atoms. The Morgan fingerprint density at radius 1 is 1.10 bits per heavy atom. The maximum absolute atomic E-state index is 12.7. The fourth-order valence-electron chi connectivity index (χ4n) is 2.87. The van der Waals surface area contributed by atoms with Crippen LogP contribution in [0.4, 0.5) is 13.6 Å². The van der Waals surface area contributed by atoms with E-state index in [1.165, 1.54) is 26.3 Å². The van der Waals surface area contributed by atoms with E-state index >= 15 is 0 Å². The minimum atomic E-state index is -2.99. The van der Waals surface area contributed by atoms with Gasteiger partial charge in [0.2, 0.25) is 5.91 Å². The van der Waals surface area contributed by atoms with Crippen LogP contribution in [-0.2, 0) is 11.3 Å². The van der Waals surface area contributed by atoms with E-state index < -0.39 is 24.6 Å². The van der Waals surface area contributed by atoms with Gasteiger partial charge in [0.05, 0.1) is 7.11 Å². The molecule has 0 heterocycles. The minimum absolute atomic E-state index is 0.0977. The number of urea groups is 1. The number of nitrogens with zero attached hydrogens (tertiary/aromatic N) is 1. The number of benzene rings is 2. The van der Waals surface area contributed by atoms with Gasteiger partial charge in [0.25, 0.3) is 0 Å². The quantitative estimate of drug-likeness (QED) is 0.704. The van der Waals surface area contributed by atoms with E-state index in [4.69, 9.17) is 4.74 Å². The third kappa shape index (κ3) is 6.15. The number of nitrogens with one attached hydrogen (secondary N) is 2. The van der Waals surface area contributed by atoms with E-state index in [0.29, 0.717) is 11.1 Å². The molecule has 0 fully saturated rings. The maximum Gasteiger partial charge on any atom is 0.387 e. The smallest absolute Gasteiger partial charge is 0.387 e. The molecule has 156 valence electrons. The zero-order valence-electron chi connectivity index (χ0n) is 16.3. The molecule has 2 N–H and O–H groups in total. The molecule has 2 aromatic rings. The van der Waals surface area contributed by atoms with Gasteiger partial charge in [0.15, 0.2) is 11.5 Å². The van der Waals surface area contributed by atoms with Crippen molar-refractivity contribution in [2.45, 2.75) is 19.2 Å². The summed E-state index contributed by atoms with van der Waals surface area (Å²) < 4.78 is 34.9. The number of methoxy groups -OCH3 is 1. The van der Waals surface area contributed by atoms with E-state index in [2.05, 4.69) is 15.4 Å². The predicted molar refractivity (Wildman–Crippen MR) is 103 cm³/mol. The number of amides is 3. The standard InChI is InChI=1S/C20H23F2N3O4/c1-23-20(27)24-18(26)17(14-7-5-4-6-8-14)25(2)12-13-9-10-15(28-3)16(11-13)29-19(21)22/h4-11,17,19H,12H2,1-3H3,(H2,23,24,26,27). The molecule has 0 spiro atoms. The van der Waals surface area contributed by atoms with E-state index in [0.717, 1.165) is 0 Å². The topological polar surface area (TPSA) is 79.9 Å². The third-order valence-electron chi connectivity index (χ3n) is 4.14. The summed E-state index contributed by atoms with van der Waals surface area (Å²) in [5, 5.41) is 4.61. The highest BCUT2D eigenvalue weighted by atomic mass is 19.3. The van der Waals surface area contributed by atoms with Gasteiger partial charge in [-0.2, -0.15) is 8.78 Å². The molecule has 3 amide bonds. The molecule has 0 bridgehead atoms. The first-order chi connectivity index (χ1) is 13.8. The average molecular weight is 407 g/mol. The van der Waals surface area contributed by atoms with E-state index in [1.54, 1.807) is 42.3 Å². The van der Waals surface area contributed by atoms with Crippen LogP contribution in [-0.4, -0.2) is 44.7 Å². The monoisotopic (exact) mass is 407 g/mol. The van der Waals surface area contributed by atoms with Crippen molar-refractivity contribution < 1.29 is 27.8 Å². The van der Waals surface area contributed by atoms with Crippen LogP contribution in [0.2, 0.25) is 0 Å². The van der Waals surface area contributed by atoms with Gasteiger partial charge in [-0.05, 0) is 30.3 Å². The van der Waals surface area contributed by atoms with Gasteiger partial charge in [0.1, 0.15) is 6.04 Å². The minimum Gasteiger partial charge on any atom is -0.493 e. The summed E-state index contributed by atoms with van der Waals surface area (Å²) in [7, 11) is 4.46. The first-order valence-corrected chi connectivity index (χ1v) is 8.75. The molecular weight excluding hydrogens is 384 g/mol. The second kappa shape index (κ2) is 10.4. The lowest BCUT2D eigenvalue weighted by atomic mass is 10.0. The largest absolute Gasteiger partial charge is 0.493 e. The van der Waals surface area contributed by atoms with Crippen LogP contribution in [0.3, 0.4) is 0 Å². The Labute approximate surface area is 167 Å². The molecule has 9 heteroatoms. The van der Waals surface area contributed by atoms with E-state index in [9.17, 15) is 18.4 Å². The molecule has 0 aliphatic heterocycles. The van der Waals surface area contributed by atoms with Crippen molar-refractivity contribution in [3.05, 3.63) is 59.7 Å². The summed E-state index contributed by atoms with van der Waals surface area (Å²) >= 11 is 0. The molecule has 0 aromatic heterocycles. The molecule has 0 radical (unpaired) electrons. The summed E-state index contributed by atoms with van der Waals surface area (Å²) in [5.74, 6) is -0.441. The zero-order chi connectivity index (χ0) is 21.4. The Morgan fingerprint density at radius 3 is 2.38 bits per heavy atom. The Bertz CT molecular complexity index is 834. The molecule has 0 saturated carbocycles. The summed E-state index contributed by atoms with van der Waals surface area (Å²) in [4.78, 5) is 26.0. The van der Waals surface area contributed by atoms with Crippen molar-refractivity contribution >= 4 is 11.9 Å². The molecule has 0 aliphatic rings. The van der Waals surface area contributed by atoms with Gasteiger partial charge in [-0.25, -0.2) is 4.79 Å². The lowest BCUT2D eigenvalue weighted by molar-refractivity contribution is -0.125. The van der Waals surface area contributed by atoms with Crippen molar-refractivity contribution in [1.29, 1.82) is 0 Å². The number of imide groups is 1. The highest BCUT2D eigenvalue weighted by molar-refractivity contribution is 5.97. The number of rotatable bonds is 8. The number of ether oxygens (including phenoxy) is 2. The lowest BCUT2D eigenvalue weighted by Gasteiger charge is -2.27. The van der Waals surface area contributed by atoms with Crippen molar-refractivity contribution in [3.8, 4) is 11.5 Å². The third-order valence-corrected chi connectivity index (χ3v) is 4.14. The van der Waals surface area contributed by atoms with Crippen LogP contribution in [0.15, 0.2) is 48.5 Å². The number of carbonyl (C=O) groups is 2. The van der Waals surface area contributed by atoms with Gasteiger partial charge in [-0.3, -0.25) is 15.0 Å². The Balaban J connectivity index is 2.28. The van der Waals surface area contributed by atoms with Crippen LogP contribution in [0.1, 0.15) is 17.2 Å². The Hall–Kier alpha value is -3.20. The van der Waals surface area contributed by atoms with Gasteiger partial charge in [-0.1, -0.05) is 36.4 Å². The maximum atomic E-state index is 12.7. The molecule has 0 saturated heterocycles. The summed E-state index contributed by atoms with van der Waals surface area (Å²) in [6.45, 7) is -2.77. The van der Waals surface area contributed by atoms with Crippen molar-refractivity contribution in [2.24, 2.45) is 0 Å². The Kier molecular flexibility index (Phi) is 7.90. The predicted octanol–water partition coefficient (Wildman–Crippen LogP) is 2.93. The fourth-order valence-corrected chi connectivity index (χ4v) is 2.87. The molecule has 7 nitrogen and oxygen atoms in total. The average Bonchev–Trinajstić information content (AvgIpc) is 2.68. The van der Waals surface area contributed by atoms with Gasteiger partial charge in [-0.15, -0.1) is 0 Å². The summed E-state index contributed by atoms with van der Waals surface area (Å²) in [5.41, 5.74) is 1.30. The molecule has 2 rings (SSSR count). The van der Waals surface area contributed by atoms with Crippen molar-refractivity contribution in [3.63, 3.8) is 0 Å². The van der Waals surface area contributed by atoms with Crippen molar-refractivity contribution in [1.82, 2.24) is 15.5 Å². The summed E-state index contributed by atoms with van der Waals surface area (Å²) in [6, 6.07) is 12.1. The molecule has 1 unspecified atom stereocenters. The summed E-state index contributed by atoms with van der Waals surface area (Å²) in [6.07, 6.45) is 0. The molecule has 0 aliphatic carbocycles. The van der Waals surface area contributed by atoms with Crippen LogP contribution in [0.25, 0.3) is 0 Å².